The smallest absolute Gasteiger partial charge is 0.261 e. The summed E-state index contributed by atoms with van der Waals surface area (Å²) < 4.78 is 52.9. The average Bonchev–Trinajstić information content (AvgIpc) is 2.75. The van der Waals surface area contributed by atoms with Gasteiger partial charge in [-0.3, -0.25) is 4.72 Å². The van der Waals surface area contributed by atoms with Crippen molar-refractivity contribution in [1.29, 1.82) is 5.26 Å². The number of hydrogen-bond donors (Lipinski definition) is 1. The fourth-order valence-electron chi connectivity index (χ4n) is 2.61. The molecule has 3 aromatic rings. The Morgan fingerprint density at radius 2 is 1.48 bits per heavy atom. The molecule has 3 aromatic carbocycles. The van der Waals surface area contributed by atoms with Crippen LogP contribution in [0.5, 0.6) is 0 Å². The number of halogens is 1. The van der Waals surface area contributed by atoms with Gasteiger partial charge in [-0.1, -0.05) is 23.7 Å². The van der Waals surface area contributed by atoms with E-state index in [0.717, 1.165) is 0 Å². The van der Waals surface area contributed by atoms with Crippen molar-refractivity contribution in [2.75, 3.05) is 16.2 Å². The van der Waals surface area contributed by atoms with Crippen LogP contribution < -0.4 is 4.72 Å². The summed E-state index contributed by atoms with van der Waals surface area (Å²) in [6.07, 6.45) is 0. The van der Waals surface area contributed by atoms with Crippen molar-refractivity contribution < 1.29 is 16.8 Å². The second-order valence-corrected chi connectivity index (χ2v) is 11.7. The molecule has 0 bridgehead atoms. The molecular formula is C21H17ClN2O4S3. The van der Waals surface area contributed by atoms with Crippen LogP contribution >= 0.6 is 23.4 Å². The zero-order chi connectivity index (χ0) is 22.5. The van der Waals surface area contributed by atoms with Crippen LogP contribution in [0.2, 0.25) is 5.02 Å². The minimum Gasteiger partial charge on any atom is -0.278 e. The summed E-state index contributed by atoms with van der Waals surface area (Å²) in [5, 5.41) is 9.32. The van der Waals surface area contributed by atoms with Crippen LogP contribution in [-0.4, -0.2) is 28.3 Å². The van der Waals surface area contributed by atoms with Gasteiger partial charge in [-0.25, -0.2) is 16.8 Å². The minimum atomic E-state index is -3.86. The lowest BCUT2D eigenvalue weighted by Crippen LogP contribution is -2.14. The van der Waals surface area contributed by atoms with Gasteiger partial charge in [0.15, 0.2) is 9.84 Å². The van der Waals surface area contributed by atoms with Gasteiger partial charge in [0, 0.05) is 15.7 Å². The Morgan fingerprint density at radius 1 is 0.871 bits per heavy atom. The molecule has 0 atom stereocenters. The molecule has 0 spiro atoms. The van der Waals surface area contributed by atoms with E-state index in [9.17, 15) is 16.8 Å². The Balaban J connectivity index is 1.71. The SMILES string of the molecule is N#Cc1ccc(S(=O)(=O)Nc2ccccc2SCCS(=O)(=O)c2ccc(Cl)cc2)cc1. The van der Waals surface area contributed by atoms with Crippen LogP contribution in [0, 0.1) is 11.3 Å². The van der Waals surface area contributed by atoms with Crippen LogP contribution in [0.15, 0.2) is 87.5 Å². The molecule has 1 N–H and O–H groups in total. The number of hydrogen-bond acceptors (Lipinski definition) is 6. The maximum Gasteiger partial charge on any atom is 0.261 e. The Bertz CT molecular complexity index is 1320. The molecule has 6 nitrogen and oxygen atoms in total. The number of sulfone groups is 1. The Morgan fingerprint density at radius 3 is 2.13 bits per heavy atom. The molecule has 0 aliphatic heterocycles. The predicted molar refractivity (Wildman–Crippen MR) is 123 cm³/mol. The van der Waals surface area contributed by atoms with Crippen LogP contribution in [-0.2, 0) is 19.9 Å². The summed E-state index contributed by atoms with van der Waals surface area (Å²) in [7, 11) is -7.35. The fourth-order valence-corrected chi connectivity index (χ4v) is 6.55. The molecule has 0 radical (unpaired) electrons. The van der Waals surface area contributed by atoms with E-state index < -0.39 is 19.9 Å². The Hall–Kier alpha value is -2.51. The first-order valence-electron chi connectivity index (χ1n) is 8.94. The highest BCUT2D eigenvalue weighted by molar-refractivity contribution is 8.01. The molecule has 160 valence electrons. The van der Waals surface area contributed by atoms with Crippen LogP contribution in [0.3, 0.4) is 0 Å². The van der Waals surface area contributed by atoms with E-state index in [1.807, 2.05) is 6.07 Å². The second kappa shape index (κ2) is 9.75. The van der Waals surface area contributed by atoms with Gasteiger partial charge in [-0.05, 0) is 60.7 Å². The van der Waals surface area contributed by atoms with Crippen molar-refractivity contribution in [2.24, 2.45) is 0 Å². The van der Waals surface area contributed by atoms with Crippen LogP contribution in [0.1, 0.15) is 5.56 Å². The summed E-state index contributed by atoms with van der Waals surface area (Å²) in [4.78, 5) is 0.815. The number of nitrogens with one attached hydrogen (secondary N) is 1. The van der Waals surface area contributed by atoms with E-state index >= 15 is 0 Å². The number of rotatable bonds is 8. The zero-order valence-corrected chi connectivity index (χ0v) is 19.2. The van der Waals surface area contributed by atoms with E-state index in [1.54, 1.807) is 24.3 Å². The van der Waals surface area contributed by atoms with Crippen LogP contribution in [0.25, 0.3) is 0 Å². The number of thioether (sulfide) groups is 1. The van der Waals surface area contributed by atoms with Crippen molar-refractivity contribution in [3.05, 3.63) is 83.4 Å². The van der Waals surface area contributed by atoms with E-state index in [1.165, 1.54) is 60.3 Å². The lowest BCUT2D eigenvalue weighted by molar-refractivity contribution is 0.597. The number of para-hydroxylation sites is 1. The number of anilines is 1. The van der Waals surface area contributed by atoms with Gasteiger partial charge in [-0.15, -0.1) is 11.8 Å². The fraction of sp³-hybridized carbons (Fsp3) is 0.0952. The number of sulfonamides is 1. The summed E-state index contributed by atoms with van der Waals surface area (Å²) >= 11 is 7.04. The monoisotopic (exact) mass is 492 g/mol. The summed E-state index contributed by atoms with van der Waals surface area (Å²) in [6.45, 7) is 0. The quantitative estimate of drug-likeness (QED) is 0.461. The van der Waals surface area contributed by atoms with E-state index in [-0.39, 0.29) is 21.3 Å². The van der Waals surface area contributed by atoms with Gasteiger partial charge in [0.1, 0.15) is 0 Å². The molecule has 3 rings (SSSR count). The molecule has 0 unspecified atom stereocenters. The second-order valence-electron chi connectivity index (χ2n) is 6.36. The first kappa shape index (κ1) is 23.2. The van der Waals surface area contributed by atoms with Gasteiger partial charge in [0.25, 0.3) is 10.0 Å². The van der Waals surface area contributed by atoms with Gasteiger partial charge in [-0.2, -0.15) is 5.26 Å². The highest BCUT2D eigenvalue weighted by atomic mass is 35.5. The molecular weight excluding hydrogens is 476 g/mol. The molecule has 31 heavy (non-hydrogen) atoms. The van der Waals surface area contributed by atoms with Crippen LogP contribution in [0.4, 0.5) is 5.69 Å². The molecule has 0 heterocycles. The maximum absolute atomic E-state index is 12.7. The standard InChI is InChI=1S/C21H17ClN2O4S3/c22-17-7-11-18(12-8-17)30(25,26)14-13-29-21-4-2-1-3-20(21)24-31(27,28)19-9-5-16(15-23)6-10-19/h1-12,24H,13-14H2. The normalized spacial score (nSPS) is 11.6. The third kappa shape index (κ3) is 6.02. The van der Waals surface area contributed by atoms with Gasteiger partial charge in [0.05, 0.1) is 32.9 Å². The first-order chi connectivity index (χ1) is 14.7. The van der Waals surface area contributed by atoms with Crippen molar-refractivity contribution in [3.63, 3.8) is 0 Å². The summed E-state index contributed by atoms with van der Waals surface area (Å²) in [5.41, 5.74) is 0.706. The van der Waals surface area contributed by atoms with Gasteiger partial charge < -0.3 is 0 Å². The third-order valence-electron chi connectivity index (χ3n) is 4.21. The van der Waals surface area contributed by atoms with Gasteiger partial charge in [0.2, 0.25) is 0 Å². The van der Waals surface area contributed by atoms with Crippen molar-refractivity contribution in [1.82, 2.24) is 0 Å². The highest BCUT2D eigenvalue weighted by Gasteiger charge is 2.18. The topological polar surface area (TPSA) is 104 Å². The molecule has 0 fully saturated rings. The van der Waals surface area contributed by atoms with E-state index in [4.69, 9.17) is 16.9 Å². The van der Waals surface area contributed by atoms with Crippen molar-refractivity contribution in [2.45, 2.75) is 14.7 Å². The molecule has 0 saturated heterocycles. The molecule has 0 aliphatic rings. The molecule has 0 aliphatic carbocycles. The third-order valence-corrected chi connectivity index (χ3v) is 8.91. The van der Waals surface area contributed by atoms with Crippen molar-refractivity contribution >= 4 is 48.9 Å². The molecule has 0 amide bonds. The Labute approximate surface area is 190 Å². The predicted octanol–water partition coefficient (Wildman–Crippen LogP) is 4.58. The number of nitrogens with zero attached hydrogens (tertiary/aromatic N) is 1. The highest BCUT2D eigenvalue weighted by Crippen LogP contribution is 2.29. The Kier molecular flexibility index (Phi) is 7.28. The lowest BCUT2D eigenvalue weighted by Gasteiger charge is -2.12. The largest absolute Gasteiger partial charge is 0.278 e. The number of nitriles is 1. The van der Waals surface area contributed by atoms with E-state index in [0.29, 0.717) is 21.2 Å². The summed E-state index contributed by atoms with van der Waals surface area (Å²) in [6, 6.07) is 20.2. The van der Waals surface area contributed by atoms with E-state index in [2.05, 4.69) is 4.72 Å². The summed E-state index contributed by atoms with van der Waals surface area (Å²) in [5.74, 6) is 0.122. The first-order valence-corrected chi connectivity index (χ1v) is 13.4. The maximum atomic E-state index is 12.7. The number of benzene rings is 3. The zero-order valence-electron chi connectivity index (χ0n) is 16.0. The van der Waals surface area contributed by atoms with Gasteiger partial charge >= 0.3 is 0 Å². The van der Waals surface area contributed by atoms with Crippen molar-refractivity contribution in [3.8, 4) is 6.07 Å². The molecule has 0 aromatic heterocycles. The molecule has 10 heteroatoms. The molecule has 0 saturated carbocycles. The lowest BCUT2D eigenvalue weighted by atomic mass is 10.2. The minimum absolute atomic E-state index is 0.0246. The average molecular weight is 493 g/mol.